The summed E-state index contributed by atoms with van der Waals surface area (Å²) in [6.45, 7) is 0. The molecular formula is C8H4F3NaO2. The number of rotatable bonds is 2. The van der Waals surface area contributed by atoms with Crippen molar-refractivity contribution in [1.82, 2.24) is 0 Å². The van der Waals surface area contributed by atoms with Crippen LogP contribution in [0.4, 0.5) is 13.2 Å². The number of carbonyl (C=O) groups is 1. The Hall–Kier alpha value is -0.520. The molecule has 1 aromatic carbocycles. The van der Waals surface area contributed by atoms with Crippen molar-refractivity contribution in [2.45, 2.75) is 6.42 Å². The predicted molar refractivity (Wildman–Crippen MR) is 35.0 cm³/mol. The first-order chi connectivity index (χ1) is 6.02. The molecule has 70 valence electrons. The summed E-state index contributed by atoms with van der Waals surface area (Å²) in [4.78, 5) is 10.0. The molecule has 0 atom stereocenters. The molecule has 0 aliphatic rings. The molecule has 0 saturated heterocycles. The third kappa shape index (κ3) is 3.01. The maximum atomic E-state index is 12.7. The van der Waals surface area contributed by atoms with E-state index in [9.17, 15) is 23.1 Å². The zero-order chi connectivity index (χ0) is 10.0. The number of hydrogen-bond donors (Lipinski definition) is 0. The van der Waals surface area contributed by atoms with Gasteiger partial charge in [0.1, 0.15) is 0 Å². The van der Waals surface area contributed by atoms with Gasteiger partial charge in [0.25, 0.3) is 0 Å². The van der Waals surface area contributed by atoms with E-state index < -0.39 is 35.4 Å². The van der Waals surface area contributed by atoms with Crippen molar-refractivity contribution in [3.8, 4) is 0 Å². The van der Waals surface area contributed by atoms with E-state index in [1.165, 1.54) is 0 Å². The molecule has 0 amide bonds. The predicted octanol–water partition coefficient (Wildman–Crippen LogP) is -2.60. The minimum Gasteiger partial charge on any atom is -0.550 e. The molecule has 1 aromatic rings. The van der Waals surface area contributed by atoms with Crippen LogP contribution in [0.5, 0.6) is 0 Å². The monoisotopic (exact) mass is 212 g/mol. The van der Waals surface area contributed by atoms with Gasteiger partial charge in [-0.25, -0.2) is 13.2 Å². The van der Waals surface area contributed by atoms with E-state index in [1.54, 1.807) is 0 Å². The van der Waals surface area contributed by atoms with Gasteiger partial charge in [0.05, 0.1) is 0 Å². The number of halogens is 3. The quantitative estimate of drug-likeness (QED) is 0.398. The van der Waals surface area contributed by atoms with Crippen molar-refractivity contribution >= 4 is 5.97 Å². The Morgan fingerprint density at radius 3 is 2.29 bits per heavy atom. The summed E-state index contributed by atoms with van der Waals surface area (Å²) in [5.74, 6) is -6.05. The summed E-state index contributed by atoms with van der Waals surface area (Å²) in [6, 6.07) is 1.53. The molecule has 2 nitrogen and oxygen atoms in total. The van der Waals surface area contributed by atoms with E-state index in [2.05, 4.69) is 0 Å². The Bertz CT molecular complexity index is 355. The standard InChI is InChI=1S/C8H5F3O2.Na/c9-5-2-1-4(3-6(12)13)7(10)8(5)11;/h1-2H,3H2,(H,12,13);/q;+1/p-1. The van der Waals surface area contributed by atoms with Gasteiger partial charge in [0, 0.05) is 12.4 Å². The van der Waals surface area contributed by atoms with E-state index in [0.717, 1.165) is 6.07 Å². The Morgan fingerprint density at radius 1 is 1.21 bits per heavy atom. The molecule has 0 fully saturated rings. The fourth-order valence-corrected chi connectivity index (χ4v) is 0.858. The minimum atomic E-state index is -1.67. The largest absolute Gasteiger partial charge is 1.00 e. The van der Waals surface area contributed by atoms with Gasteiger partial charge < -0.3 is 9.90 Å². The zero-order valence-corrected chi connectivity index (χ0v) is 9.31. The Morgan fingerprint density at radius 2 is 1.79 bits per heavy atom. The first-order valence-corrected chi connectivity index (χ1v) is 3.34. The van der Waals surface area contributed by atoms with E-state index in [-0.39, 0.29) is 29.6 Å². The van der Waals surface area contributed by atoms with Gasteiger partial charge in [-0.15, -0.1) is 0 Å². The number of carbonyl (C=O) groups excluding carboxylic acids is 1. The number of hydrogen-bond acceptors (Lipinski definition) is 2. The fraction of sp³-hybridized carbons (Fsp3) is 0.125. The minimum absolute atomic E-state index is 0. The van der Waals surface area contributed by atoms with Crippen LogP contribution in [0.2, 0.25) is 0 Å². The molecule has 6 heteroatoms. The van der Waals surface area contributed by atoms with Gasteiger partial charge >= 0.3 is 29.6 Å². The second-order valence-electron chi connectivity index (χ2n) is 2.38. The summed E-state index contributed by atoms with van der Waals surface area (Å²) in [6.07, 6.45) is -0.775. The van der Waals surface area contributed by atoms with Crippen molar-refractivity contribution in [2.24, 2.45) is 0 Å². The number of carboxylic acids is 1. The number of aliphatic carboxylic acids is 1. The van der Waals surface area contributed by atoms with Crippen LogP contribution < -0.4 is 34.7 Å². The molecule has 0 radical (unpaired) electrons. The average Bonchev–Trinajstić information content (AvgIpc) is 2.06. The van der Waals surface area contributed by atoms with Crippen LogP contribution in [0.15, 0.2) is 12.1 Å². The first kappa shape index (κ1) is 13.5. The van der Waals surface area contributed by atoms with E-state index in [1.807, 2.05) is 0 Å². The molecule has 0 aliphatic carbocycles. The second kappa shape index (κ2) is 5.38. The van der Waals surface area contributed by atoms with E-state index >= 15 is 0 Å². The van der Waals surface area contributed by atoms with Crippen molar-refractivity contribution in [3.63, 3.8) is 0 Å². The maximum Gasteiger partial charge on any atom is 1.00 e. The van der Waals surface area contributed by atoms with Crippen molar-refractivity contribution in [3.05, 3.63) is 35.1 Å². The third-order valence-corrected chi connectivity index (χ3v) is 1.45. The van der Waals surface area contributed by atoms with Crippen molar-refractivity contribution in [1.29, 1.82) is 0 Å². The van der Waals surface area contributed by atoms with Crippen LogP contribution in [0, 0.1) is 17.5 Å². The van der Waals surface area contributed by atoms with Crippen LogP contribution in [0.25, 0.3) is 0 Å². The van der Waals surface area contributed by atoms with E-state index in [0.29, 0.717) is 6.07 Å². The molecule has 0 heterocycles. The van der Waals surface area contributed by atoms with Gasteiger partial charge in [-0.1, -0.05) is 6.07 Å². The van der Waals surface area contributed by atoms with Crippen LogP contribution in [0.1, 0.15) is 5.56 Å². The Labute approximate surface area is 100 Å². The average molecular weight is 212 g/mol. The van der Waals surface area contributed by atoms with E-state index in [4.69, 9.17) is 0 Å². The second-order valence-corrected chi connectivity index (χ2v) is 2.38. The van der Waals surface area contributed by atoms with Gasteiger partial charge in [-0.05, 0) is 11.6 Å². The van der Waals surface area contributed by atoms with Crippen LogP contribution in [-0.4, -0.2) is 5.97 Å². The maximum absolute atomic E-state index is 12.7. The van der Waals surface area contributed by atoms with Gasteiger partial charge in [-0.3, -0.25) is 0 Å². The smallest absolute Gasteiger partial charge is 0.550 e. The molecule has 0 N–H and O–H groups in total. The number of carboxylic acid groups (broad SMARTS) is 1. The summed E-state index contributed by atoms with van der Waals surface area (Å²) in [5, 5.41) is 10.0. The first-order valence-electron chi connectivity index (χ1n) is 3.34. The molecule has 0 bridgehead atoms. The van der Waals surface area contributed by atoms with Crippen molar-refractivity contribution < 1.29 is 52.6 Å². The molecule has 0 spiro atoms. The molecule has 14 heavy (non-hydrogen) atoms. The summed E-state index contributed by atoms with van der Waals surface area (Å²) in [5.41, 5.74) is -0.432. The molecule has 0 aliphatic heterocycles. The molecule has 0 unspecified atom stereocenters. The third-order valence-electron chi connectivity index (χ3n) is 1.45. The fourth-order valence-electron chi connectivity index (χ4n) is 0.858. The molecule has 1 rings (SSSR count). The summed E-state index contributed by atoms with van der Waals surface area (Å²) < 4.78 is 37.5. The summed E-state index contributed by atoms with van der Waals surface area (Å²) in [7, 11) is 0. The van der Waals surface area contributed by atoms with Crippen molar-refractivity contribution in [2.75, 3.05) is 0 Å². The van der Waals surface area contributed by atoms with Gasteiger partial charge in [-0.2, -0.15) is 0 Å². The Kier molecular flexibility index (Phi) is 5.18. The Balaban J connectivity index is 0.00000169. The van der Waals surface area contributed by atoms with Crippen LogP contribution in [0.3, 0.4) is 0 Å². The normalized spacial score (nSPS) is 9.36. The SMILES string of the molecule is O=C([O-])Cc1ccc(F)c(F)c1F.[Na+]. The summed E-state index contributed by atoms with van der Waals surface area (Å²) >= 11 is 0. The van der Waals surface area contributed by atoms with Gasteiger partial charge in [0.15, 0.2) is 17.5 Å². The zero-order valence-electron chi connectivity index (χ0n) is 7.31. The molecule has 0 aromatic heterocycles. The topological polar surface area (TPSA) is 40.1 Å². The van der Waals surface area contributed by atoms with Crippen LogP contribution >= 0.6 is 0 Å². The molecule has 0 saturated carbocycles. The number of benzene rings is 1. The van der Waals surface area contributed by atoms with Crippen LogP contribution in [-0.2, 0) is 11.2 Å². The molecular weight excluding hydrogens is 208 g/mol. The van der Waals surface area contributed by atoms with Gasteiger partial charge in [0.2, 0.25) is 0 Å².